The number of nitriles is 1. The zero-order valence-electron chi connectivity index (χ0n) is 20.0. The molecule has 6 rings (SSSR count). The fourth-order valence-corrected chi connectivity index (χ4v) is 5.48. The molecule has 0 saturated heterocycles. The van der Waals surface area contributed by atoms with Crippen LogP contribution in [0.1, 0.15) is 55.2 Å². The van der Waals surface area contributed by atoms with Crippen LogP contribution in [0.5, 0.6) is 0 Å². The van der Waals surface area contributed by atoms with E-state index >= 15 is 0 Å². The minimum absolute atomic E-state index is 0.200. The Labute approximate surface area is 206 Å². The fraction of sp³-hybridized carbons (Fsp3) is 0.333. The van der Waals surface area contributed by atoms with Gasteiger partial charge in [-0.05, 0) is 73.6 Å². The minimum atomic E-state index is -0.482. The van der Waals surface area contributed by atoms with Crippen molar-refractivity contribution in [2.45, 2.75) is 57.5 Å². The molecule has 2 saturated carbocycles. The van der Waals surface area contributed by atoms with Crippen LogP contribution in [0.25, 0.3) is 22.4 Å². The molecule has 0 radical (unpaired) electrons. The van der Waals surface area contributed by atoms with E-state index in [4.69, 9.17) is 4.99 Å². The Morgan fingerprint density at radius 3 is 2.46 bits per heavy atom. The van der Waals surface area contributed by atoms with Gasteiger partial charge in [-0.25, -0.2) is 0 Å². The van der Waals surface area contributed by atoms with E-state index in [0.717, 1.165) is 77.9 Å². The van der Waals surface area contributed by atoms with Gasteiger partial charge < -0.3 is 0 Å². The van der Waals surface area contributed by atoms with Crippen molar-refractivity contribution in [2.24, 2.45) is 10.9 Å². The van der Waals surface area contributed by atoms with Gasteiger partial charge in [0.05, 0.1) is 23.9 Å². The summed E-state index contributed by atoms with van der Waals surface area (Å²) in [5, 5.41) is 9.72. The van der Waals surface area contributed by atoms with Crippen molar-refractivity contribution >= 4 is 11.7 Å². The van der Waals surface area contributed by atoms with Crippen molar-refractivity contribution < 1.29 is 4.79 Å². The fourth-order valence-electron chi connectivity index (χ4n) is 5.48. The Kier molecular flexibility index (Phi) is 5.25. The van der Waals surface area contributed by atoms with Crippen molar-refractivity contribution in [3.8, 4) is 28.5 Å². The summed E-state index contributed by atoms with van der Waals surface area (Å²) in [6, 6.07) is 20.5. The van der Waals surface area contributed by atoms with E-state index in [9.17, 15) is 10.1 Å². The number of aryl methyl sites for hydroxylation is 1. The van der Waals surface area contributed by atoms with E-state index in [1.807, 2.05) is 42.3 Å². The summed E-state index contributed by atoms with van der Waals surface area (Å²) in [6.07, 6.45) is 8.05. The molecule has 1 amide bonds. The smallest absolute Gasteiger partial charge is 0.256 e. The van der Waals surface area contributed by atoms with Crippen LogP contribution in [0.2, 0.25) is 0 Å². The summed E-state index contributed by atoms with van der Waals surface area (Å²) in [7, 11) is 0. The summed E-state index contributed by atoms with van der Waals surface area (Å²) >= 11 is 0. The maximum absolute atomic E-state index is 13.4. The molecule has 0 unspecified atom stereocenters. The van der Waals surface area contributed by atoms with Crippen LogP contribution in [0, 0.1) is 24.2 Å². The molecule has 2 aliphatic carbocycles. The van der Waals surface area contributed by atoms with Crippen LogP contribution in [0.4, 0.5) is 0 Å². The highest BCUT2D eigenvalue weighted by Crippen LogP contribution is 2.44. The molecule has 0 bridgehead atoms. The number of amides is 1. The van der Waals surface area contributed by atoms with Crippen LogP contribution in [0.3, 0.4) is 0 Å². The molecule has 174 valence electrons. The van der Waals surface area contributed by atoms with Crippen molar-refractivity contribution in [2.75, 3.05) is 0 Å². The first-order valence-corrected chi connectivity index (χ1v) is 12.5. The number of pyridine rings is 1. The molecule has 2 heterocycles. The lowest BCUT2D eigenvalue weighted by molar-refractivity contribution is -0.131. The van der Waals surface area contributed by atoms with E-state index in [1.54, 1.807) is 0 Å². The lowest BCUT2D eigenvalue weighted by atomic mass is 9.95. The maximum atomic E-state index is 13.4. The van der Waals surface area contributed by atoms with Gasteiger partial charge in [-0.15, -0.1) is 0 Å². The molecule has 3 aromatic rings. The molecule has 0 N–H and O–H groups in total. The Morgan fingerprint density at radius 2 is 1.77 bits per heavy atom. The Morgan fingerprint density at radius 1 is 1.03 bits per heavy atom. The Bertz CT molecular complexity index is 1370. The number of aliphatic imine (C=N–C) groups is 1. The second kappa shape index (κ2) is 8.46. The number of carbonyl (C=O) groups excluding carboxylic acids is 1. The standard InChI is InChI=1S/C30H28N4O/c1-20-12-15-32-27(16-20)24-10-11-25(18-31)26(17-24)22-6-4-21(5-7-22)19-34-28(23-8-9-23)33-30(29(34)35)13-2-3-14-30/h4-7,10-12,15-17,23H,2-3,8-9,13-14,19H2,1H3. The van der Waals surface area contributed by atoms with E-state index < -0.39 is 5.54 Å². The molecule has 3 aliphatic rings. The number of amidine groups is 1. The monoisotopic (exact) mass is 460 g/mol. The summed E-state index contributed by atoms with van der Waals surface area (Å²) in [5.41, 5.74) is 6.14. The number of benzene rings is 2. The van der Waals surface area contributed by atoms with Crippen molar-refractivity contribution in [3.05, 3.63) is 77.5 Å². The summed E-state index contributed by atoms with van der Waals surface area (Å²) in [6.45, 7) is 2.61. The number of hydrogen-bond acceptors (Lipinski definition) is 4. The highest BCUT2D eigenvalue weighted by atomic mass is 16.2. The number of aromatic nitrogens is 1. The van der Waals surface area contributed by atoms with Gasteiger partial charge in [0, 0.05) is 23.2 Å². The van der Waals surface area contributed by atoms with Gasteiger partial charge >= 0.3 is 0 Å². The average Bonchev–Trinajstić information content (AvgIpc) is 3.57. The first-order valence-electron chi connectivity index (χ1n) is 12.5. The number of carbonyl (C=O) groups is 1. The lowest BCUT2D eigenvalue weighted by Gasteiger charge is -2.22. The van der Waals surface area contributed by atoms with Gasteiger partial charge in [-0.3, -0.25) is 19.7 Å². The molecule has 1 aromatic heterocycles. The third kappa shape index (κ3) is 3.93. The van der Waals surface area contributed by atoms with E-state index in [0.29, 0.717) is 18.0 Å². The predicted octanol–water partition coefficient (Wildman–Crippen LogP) is 6.06. The predicted molar refractivity (Wildman–Crippen MR) is 136 cm³/mol. The van der Waals surface area contributed by atoms with Crippen LogP contribution < -0.4 is 0 Å². The van der Waals surface area contributed by atoms with Crippen LogP contribution in [0.15, 0.2) is 65.8 Å². The molecule has 5 nitrogen and oxygen atoms in total. The third-order valence-electron chi connectivity index (χ3n) is 7.58. The molecule has 1 aliphatic heterocycles. The van der Waals surface area contributed by atoms with Crippen molar-refractivity contribution in [3.63, 3.8) is 0 Å². The van der Waals surface area contributed by atoms with E-state index in [2.05, 4.69) is 41.4 Å². The molecule has 5 heteroatoms. The Balaban J connectivity index is 1.28. The molecular weight excluding hydrogens is 432 g/mol. The van der Waals surface area contributed by atoms with Gasteiger partial charge in [0.1, 0.15) is 11.4 Å². The maximum Gasteiger partial charge on any atom is 0.256 e. The van der Waals surface area contributed by atoms with Crippen LogP contribution in [-0.2, 0) is 11.3 Å². The second-order valence-electron chi connectivity index (χ2n) is 10.2. The number of hydrogen-bond donors (Lipinski definition) is 0. The number of rotatable bonds is 5. The van der Waals surface area contributed by atoms with Gasteiger partial charge in [0.25, 0.3) is 5.91 Å². The van der Waals surface area contributed by atoms with Gasteiger partial charge in [0.2, 0.25) is 0 Å². The van der Waals surface area contributed by atoms with Crippen LogP contribution >= 0.6 is 0 Å². The topological polar surface area (TPSA) is 69.3 Å². The normalized spacial score (nSPS) is 18.7. The number of nitrogens with zero attached hydrogens (tertiary/aromatic N) is 4. The van der Waals surface area contributed by atoms with Gasteiger partial charge in [0.15, 0.2) is 0 Å². The molecule has 1 spiro atoms. The summed E-state index contributed by atoms with van der Waals surface area (Å²) in [4.78, 5) is 24.9. The SMILES string of the molecule is Cc1ccnc(-c2ccc(C#N)c(-c3ccc(CN4C(=O)C5(CCCC5)N=C4C4CC4)cc3)c2)c1. The first-order chi connectivity index (χ1) is 17.1. The van der Waals surface area contributed by atoms with E-state index in [1.165, 1.54) is 0 Å². The van der Waals surface area contributed by atoms with Crippen molar-refractivity contribution in [1.29, 1.82) is 5.26 Å². The van der Waals surface area contributed by atoms with Crippen molar-refractivity contribution in [1.82, 2.24) is 9.88 Å². The first kappa shape index (κ1) is 21.7. The zero-order chi connectivity index (χ0) is 24.0. The quantitative estimate of drug-likeness (QED) is 0.465. The third-order valence-corrected chi connectivity index (χ3v) is 7.58. The van der Waals surface area contributed by atoms with Gasteiger partial charge in [-0.1, -0.05) is 43.2 Å². The van der Waals surface area contributed by atoms with E-state index in [-0.39, 0.29) is 5.91 Å². The Hall–Kier alpha value is -3.78. The minimum Gasteiger partial charge on any atom is -0.294 e. The molecule has 35 heavy (non-hydrogen) atoms. The average molecular weight is 461 g/mol. The molecule has 0 atom stereocenters. The zero-order valence-corrected chi connectivity index (χ0v) is 20.0. The van der Waals surface area contributed by atoms with Crippen LogP contribution in [-0.4, -0.2) is 27.2 Å². The van der Waals surface area contributed by atoms with Gasteiger partial charge in [-0.2, -0.15) is 5.26 Å². The largest absolute Gasteiger partial charge is 0.294 e. The second-order valence-corrected chi connectivity index (χ2v) is 10.2. The molecular formula is C30H28N4O. The molecule has 2 fully saturated rings. The lowest BCUT2D eigenvalue weighted by Crippen LogP contribution is -2.41. The highest BCUT2D eigenvalue weighted by molar-refractivity contribution is 6.09. The summed E-state index contributed by atoms with van der Waals surface area (Å²) in [5.74, 6) is 1.67. The summed E-state index contributed by atoms with van der Waals surface area (Å²) < 4.78 is 0. The molecule has 2 aromatic carbocycles. The highest BCUT2D eigenvalue weighted by Gasteiger charge is 2.52.